The molecule has 0 aliphatic carbocycles. The van der Waals surface area contributed by atoms with Crippen LogP contribution in [0.25, 0.3) is 64.4 Å². The Balaban J connectivity index is 1.74. The lowest BCUT2D eigenvalue weighted by molar-refractivity contribution is 0.0909. The molecule has 7 aromatic rings. The fourth-order valence-electron chi connectivity index (χ4n) is 4.80. The van der Waals surface area contributed by atoms with Gasteiger partial charge in [0.1, 0.15) is 15.9 Å². The second kappa shape index (κ2) is 8.31. The number of imidazole rings is 1. The van der Waals surface area contributed by atoms with Crippen molar-refractivity contribution in [1.82, 2.24) is 34.7 Å². The Hall–Kier alpha value is -4.44. The molecule has 37 heavy (non-hydrogen) atoms. The zero-order valence-corrected chi connectivity index (χ0v) is 20.6. The van der Waals surface area contributed by atoms with E-state index in [1.54, 1.807) is 29.2 Å². The number of para-hydroxylation sites is 1. The average Bonchev–Trinajstić information content (AvgIpc) is 3.65. The van der Waals surface area contributed by atoms with Crippen molar-refractivity contribution in [3.05, 3.63) is 60.8 Å². The summed E-state index contributed by atoms with van der Waals surface area (Å²) in [5.74, 6) is -0.572. The Kier molecular flexibility index (Phi) is 4.90. The van der Waals surface area contributed by atoms with Gasteiger partial charge in [0.2, 0.25) is 5.91 Å². The van der Waals surface area contributed by atoms with E-state index >= 15 is 4.39 Å². The number of aromatic amines is 2. The Morgan fingerprint density at radius 2 is 2.00 bits per heavy atom. The highest BCUT2D eigenvalue weighted by atomic mass is 32.1. The molecule has 1 aromatic carbocycles. The molecule has 8 bridgehead atoms. The quantitative estimate of drug-likeness (QED) is 0.273. The molecule has 0 saturated carbocycles. The van der Waals surface area contributed by atoms with Gasteiger partial charge >= 0.3 is 0 Å². The highest BCUT2D eigenvalue weighted by molar-refractivity contribution is 7.24. The van der Waals surface area contributed by atoms with Crippen molar-refractivity contribution >= 4 is 81.7 Å². The molecule has 0 saturated heterocycles. The van der Waals surface area contributed by atoms with E-state index in [0.717, 1.165) is 38.8 Å². The van der Waals surface area contributed by atoms with Crippen LogP contribution in [0.4, 0.5) is 4.39 Å². The minimum atomic E-state index is -0.530. The van der Waals surface area contributed by atoms with Crippen LogP contribution < -0.4 is 0 Å². The summed E-state index contributed by atoms with van der Waals surface area (Å²) >= 11 is 1.50. The van der Waals surface area contributed by atoms with E-state index in [1.807, 2.05) is 30.3 Å². The number of unbranched alkanes of at least 4 members (excludes halogenated alkanes) is 1. The largest absolute Gasteiger partial charge is 0.337 e. The van der Waals surface area contributed by atoms with E-state index in [2.05, 4.69) is 32.1 Å². The first-order valence-corrected chi connectivity index (χ1v) is 12.8. The molecule has 0 unspecified atom stereocenters. The van der Waals surface area contributed by atoms with E-state index in [4.69, 9.17) is 4.98 Å². The Morgan fingerprint density at radius 3 is 2.89 bits per heavy atom. The molecule has 0 atom stereocenters. The normalized spacial score (nSPS) is 11.9. The highest BCUT2D eigenvalue weighted by Gasteiger charge is 2.16. The summed E-state index contributed by atoms with van der Waals surface area (Å²) in [7, 11) is 0. The van der Waals surface area contributed by atoms with E-state index < -0.39 is 5.82 Å². The molecule has 0 aliphatic rings. The number of rotatable bonds is 3. The van der Waals surface area contributed by atoms with Gasteiger partial charge in [-0.2, -0.15) is 5.10 Å². The van der Waals surface area contributed by atoms with Crippen molar-refractivity contribution in [2.75, 3.05) is 0 Å². The predicted molar refractivity (Wildman–Crippen MR) is 145 cm³/mol. The maximum atomic E-state index is 16.1. The molecule has 10 heteroatoms. The van der Waals surface area contributed by atoms with Crippen molar-refractivity contribution < 1.29 is 9.18 Å². The number of carbonyl (C=O) groups excluding carboxylic acids is 1. The molecule has 2 N–H and O–H groups in total. The fraction of sp³-hybridized carbons (Fsp3) is 0.148. The Labute approximate surface area is 212 Å². The lowest BCUT2D eigenvalue weighted by Gasteiger charge is -2.07. The molecule has 6 aromatic heterocycles. The van der Waals surface area contributed by atoms with Gasteiger partial charge < -0.3 is 4.98 Å². The molecule has 0 amide bonds. The van der Waals surface area contributed by atoms with Gasteiger partial charge in [-0.25, -0.2) is 9.37 Å². The Bertz CT molecular complexity index is 2080. The number of benzene rings is 1. The number of carbonyl (C=O) groups is 1. The minimum Gasteiger partial charge on any atom is -0.337 e. The van der Waals surface area contributed by atoms with Gasteiger partial charge in [-0.15, -0.1) is 11.3 Å². The van der Waals surface area contributed by atoms with Crippen molar-refractivity contribution in [3.63, 3.8) is 0 Å². The summed E-state index contributed by atoms with van der Waals surface area (Å²) in [6.45, 7) is 2.05. The molecule has 7 rings (SSSR count). The van der Waals surface area contributed by atoms with Gasteiger partial charge in [-0.3, -0.25) is 24.4 Å². The number of hydrogen-bond donors (Lipinski definition) is 2. The van der Waals surface area contributed by atoms with Crippen LogP contribution in [-0.4, -0.2) is 40.6 Å². The molecular formula is C27H20FN7OS. The number of nitrogens with zero attached hydrogens (tertiary/aromatic N) is 5. The van der Waals surface area contributed by atoms with E-state index in [1.165, 1.54) is 11.3 Å². The molecule has 182 valence electrons. The van der Waals surface area contributed by atoms with Crippen molar-refractivity contribution in [3.8, 4) is 0 Å². The standard InChI is InChI=1S/C27H20FN7OS/c1-2-3-7-20(36)35-15-10-14(11-29-12-15)24-23(28)22-18(13-30-24)33-34-26(22)27-31-17-6-4-5-16(25(17)32-27)19-8-9-21(35)37-19/h4-6,8-13H,2-3,7H2,1H3,(H,31,32)(H,33,34). The molecule has 0 aliphatic heterocycles. The van der Waals surface area contributed by atoms with Gasteiger partial charge in [0.15, 0.2) is 11.5 Å². The van der Waals surface area contributed by atoms with E-state index in [9.17, 15) is 4.79 Å². The van der Waals surface area contributed by atoms with Crippen LogP contribution in [0.15, 0.2) is 55.0 Å². The van der Waals surface area contributed by atoms with Gasteiger partial charge in [0.25, 0.3) is 0 Å². The minimum absolute atomic E-state index is 0.0419. The summed E-state index contributed by atoms with van der Waals surface area (Å²) in [6, 6.07) is 11.6. The van der Waals surface area contributed by atoms with Gasteiger partial charge in [-0.05, 0) is 30.7 Å². The third kappa shape index (κ3) is 3.36. The SMILES string of the molecule is CCCCC(=O)n1c2cncc(c2)c2ncc3[nH]nc(c4nc5c(cccc5c5ccc1s5)[nH]4)c3c2F. The van der Waals surface area contributed by atoms with Crippen LogP contribution in [0.3, 0.4) is 0 Å². The second-order valence-electron chi connectivity index (χ2n) is 8.97. The van der Waals surface area contributed by atoms with Gasteiger partial charge in [-0.1, -0.05) is 25.5 Å². The highest BCUT2D eigenvalue weighted by Crippen LogP contribution is 2.31. The zero-order chi connectivity index (χ0) is 25.1. The average molecular weight is 510 g/mol. The van der Waals surface area contributed by atoms with Gasteiger partial charge in [0, 0.05) is 28.1 Å². The Morgan fingerprint density at radius 1 is 1.08 bits per heavy atom. The van der Waals surface area contributed by atoms with Gasteiger partial charge in [0.05, 0.1) is 39.8 Å². The summed E-state index contributed by atoms with van der Waals surface area (Å²) in [6.07, 6.45) is 6.80. The van der Waals surface area contributed by atoms with E-state index in [-0.39, 0.29) is 11.4 Å². The summed E-state index contributed by atoms with van der Waals surface area (Å²) in [5.41, 5.74) is 3.55. The molecule has 8 nitrogen and oxygen atoms in total. The first-order valence-electron chi connectivity index (χ1n) is 12.0. The lowest BCUT2D eigenvalue weighted by atomic mass is 10.2. The second-order valence-corrected chi connectivity index (χ2v) is 10.0. The smallest absolute Gasteiger partial charge is 0.232 e. The predicted octanol–water partition coefficient (Wildman–Crippen LogP) is 6.80. The van der Waals surface area contributed by atoms with E-state index in [0.29, 0.717) is 39.4 Å². The first-order chi connectivity index (χ1) is 18.1. The molecule has 0 fully saturated rings. The van der Waals surface area contributed by atoms with Crippen molar-refractivity contribution in [1.29, 1.82) is 0 Å². The molecule has 0 radical (unpaired) electrons. The molecule has 0 spiro atoms. The van der Waals surface area contributed by atoms with Crippen LogP contribution in [0.2, 0.25) is 0 Å². The zero-order valence-electron chi connectivity index (χ0n) is 19.7. The van der Waals surface area contributed by atoms with Crippen LogP contribution in [-0.2, 0) is 0 Å². The first kappa shape index (κ1) is 21.8. The molecular weight excluding hydrogens is 489 g/mol. The van der Waals surface area contributed by atoms with Crippen LogP contribution in [0.5, 0.6) is 0 Å². The van der Waals surface area contributed by atoms with Crippen molar-refractivity contribution in [2.45, 2.75) is 26.2 Å². The summed E-state index contributed by atoms with van der Waals surface area (Å²) in [5, 5.41) is 8.93. The number of nitrogens with one attached hydrogen (secondary N) is 2. The van der Waals surface area contributed by atoms with Crippen LogP contribution in [0.1, 0.15) is 31.0 Å². The number of aromatic nitrogens is 7. The summed E-state index contributed by atoms with van der Waals surface area (Å²) < 4.78 is 18.7. The number of hydrogen-bond acceptors (Lipinski definition) is 6. The third-order valence-electron chi connectivity index (χ3n) is 6.61. The topological polar surface area (TPSA) is 105 Å². The number of thiophene rings is 1. The maximum absolute atomic E-state index is 16.1. The monoisotopic (exact) mass is 509 g/mol. The maximum Gasteiger partial charge on any atom is 0.232 e. The van der Waals surface area contributed by atoms with Crippen LogP contribution in [0, 0.1) is 5.82 Å². The number of pyridine rings is 2. The number of fused-ring (bicyclic) bond motifs is 9. The van der Waals surface area contributed by atoms with Crippen LogP contribution >= 0.6 is 11.3 Å². The number of halogens is 1. The number of H-pyrrole nitrogens is 2. The van der Waals surface area contributed by atoms with Crippen molar-refractivity contribution in [2.24, 2.45) is 0 Å². The lowest BCUT2D eigenvalue weighted by Crippen LogP contribution is -2.10. The molecule has 6 heterocycles. The third-order valence-corrected chi connectivity index (χ3v) is 7.71. The summed E-state index contributed by atoms with van der Waals surface area (Å²) in [4.78, 5) is 31.1. The fourth-order valence-corrected chi connectivity index (χ4v) is 5.87.